The van der Waals surface area contributed by atoms with Crippen LogP contribution in [0, 0.1) is 0 Å². The molecule has 1 amide bonds. The lowest BCUT2D eigenvalue weighted by atomic mass is 10.1. The number of guanidine groups is 1. The molecule has 0 aliphatic carbocycles. The summed E-state index contributed by atoms with van der Waals surface area (Å²) in [4.78, 5) is 17.2. The molecule has 0 aliphatic heterocycles. The van der Waals surface area contributed by atoms with Gasteiger partial charge in [0.25, 0.3) is 5.91 Å². The molecule has 0 fully saturated rings. The Bertz CT molecular complexity index is 881. The van der Waals surface area contributed by atoms with Crippen LogP contribution in [0.5, 0.6) is 5.75 Å². The molecule has 0 saturated carbocycles. The van der Waals surface area contributed by atoms with E-state index in [1.54, 1.807) is 27.2 Å². The molecule has 2 rings (SSSR count). The van der Waals surface area contributed by atoms with Crippen LogP contribution in [0.4, 0.5) is 13.2 Å². The Labute approximate surface area is 180 Å². The highest BCUT2D eigenvalue weighted by Crippen LogP contribution is 2.29. The fourth-order valence-corrected chi connectivity index (χ4v) is 2.61. The number of amides is 1. The molecule has 0 bridgehead atoms. The molecule has 6 nitrogen and oxygen atoms in total. The van der Waals surface area contributed by atoms with Crippen LogP contribution in [0.25, 0.3) is 0 Å². The number of carbonyl (C=O) groups is 1. The molecular weight excluding hydrogens is 409 g/mol. The Morgan fingerprint density at radius 3 is 2.39 bits per heavy atom. The number of likely N-dealkylation sites (N-methyl/N-ethyl adjacent to an activating group) is 1. The molecule has 2 N–H and O–H groups in total. The molecule has 0 atom stereocenters. The maximum atomic E-state index is 12.6. The molecule has 0 spiro atoms. The normalized spacial score (nSPS) is 11.7. The van der Waals surface area contributed by atoms with Gasteiger partial charge in [-0.25, -0.2) is 0 Å². The van der Waals surface area contributed by atoms with Crippen molar-refractivity contribution in [1.82, 2.24) is 15.5 Å². The smallest absolute Gasteiger partial charge is 0.416 e. The predicted molar refractivity (Wildman–Crippen MR) is 114 cm³/mol. The lowest BCUT2D eigenvalue weighted by molar-refractivity contribution is -0.137. The molecule has 0 aliphatic rings. The Morgan fingerprint density at radius 2 is 1.77 bits per heavy atom. The van der Waals surface area contributed by atoms with Crippen molar-refractivity contribution in [2.45, 2.75) is 19.1 Å². The lowest BCUT2D eigenvalue weighted by Gasteiger charge is -2.14. The van der Waals surface area contributed by atoms with Crippen molar-refractivity contribution in [3.8, 4) is 5.75 Å². The molecule has 168 valence electrons. The van der Waals surface area contributed by atoms with E-state index < -0.39 is 11.7 Å². The summed E-state index contributed by atoms with van der Waals surface area (Å²) in [5.41, 5.74) is 1.09. The zero-order valence-corrected chi connectivity index (χ0v) is 17.8. The largest absolute Gasteiger partial charge is 0.484 e. The number of aliphatic imine (C=N–C) groups is 1. The van der Waals surface area contributed by atoms with Crippen LogP contribution < -0.4 is 15.4 Å². The SMILES string of the molecule is CN=C(NCCc1ccc(C(F)(F)F)cc1)NCc1cccc(OCC(=O)N(C)C)c1. The summed E-state index contributed by atoms with van der Waals surface area (Å²) in [5.74, 6) is 1.04. The highest BCUT2D eigenvalue weighted by Gasteiger charge is 2.29. The van der Waals surface area contributed by atoms with Gasteiger partial charge in [0.05, 0.1) is 5.56 Å². The lowest BCUT2D eigenvalue weighted by Crippen LogP contribution is -2.37. The first-order chi connectivity index (χ1) is 14.7. The van der Waals surface area contributed by atoms with Crippen LogP contribution in [0.1, 0.15) is 16.7 Å². The van der Waals surface area contributed by atoms with Gasteiger partial charge in [-0.3, -0.25) is 9.79 Å². The van der Waals surface area contributed by atoms with Crippen LogP contribution in [0.2, 0.25) is 0 Å². The maximum absolute atomic E-state index is 12.6. The summed E-state index contributed by atoms with van der Waals surface area (Å²) in [5, 5.41) is 6.31. The van der Waals surface area contributed by atoms with Crippen LogP contribution in [-0.4, -0.2) is 51.1 Å². The summed E-state index contributed by atoms with van der Waals surface area (Å²) in [6.07, 6.45) is -3.77. The number of rotatable bonds is 8. The van der Waals surface area contributed by atoms with Crippen molar-refractivity contribution in [2.24, 2.45) is 4.99 Å². The van der Waals surface area contributed by atoms with Gasteiger partial charge in [0.15, 0.2) is 12.6 Å². The molecule has 0 radical (unpaired) electrons. The Hall–Kier alpha value is -3.23. The van der Waals surface area contributed by atoms with E-state index in [9.17, 15) is 18.0 Å². The van der Waals surface area contributed by atoms with Gasteiger partial charge in [0.2, 0.25) is 0 Å². The monoisotopic (exact) mass is 436 g/mol. The van der Waals surface area contributed by atoms with Crippen LogP contribution in [-0.2, 0) is 23.9 Å². The number of hydrogen-bond acceptors (Lipinski definition) is 3. The van der Waals surface area contributed by atoms with E-state index in [0.717, 1.165) is 23.3 Å². The third kappa shape index (κ3) is 8.19. The predicted octanol–water partition coefficient (Wildman–Crippen LogP) is 3.08. The number of benzene rings is 2. The fourth-order valence-electron chi connectivity index (χ4n) is 2.61. The minimum absolute atomic E-state index is 0.0307. The second-order valence-electron chi connectivity index (χ2n) is 7.02. The molecule has 2 aromatic carbocycles. The highest BCUT2D eigenvalue weighted by atomic mass is 19.4. The summed E-state index contributed by atoms with van der Waals surface area (Å²) in [6.45, 7) is 0.969. The zero-order chi connectivity index (χ0) is 22.9. The van der Waals surface area contributed by atoms with Gasteiger partial charge in [-0.05, 0) is 41.8 Å². The van der Waals surface area contributed by atoms with Gasteiger partial charge in [-0.2, -0.15) is 13.2 Å². The fraction of sp³-hybridized carbons (Fsp3) is 0.364. The van der Waals surface area contributed by atoms with Crippen molar-refractivity contribution in [1.29, 1.82) is 0 Å². The van der Waals surface area contributed by atoms with E-state index in [-0.39, 0.29) is 12.5 Å². The first-order valence-electron chi connectivity index (χ1n) is 9.71. The Balaban J connectivity index is 1.79. The summed E-state index contributed by atoms with van der Waals surface area (Å²) < 4.78 is 43.4. The Kier molecular flexibility index (Phi) is 8.72. The van der Waals surface area contributed by atoms with Gasteiger partial charge >= 0.3 is 6.18 Å². The number of nitrogens with one attached hydrogen (secondary N) is 2. The third-order valence-corrected chi connectivity index (χ3v) is 4.43. The van der Waals surface area contributed by atoms with Crippen molar-refractivity contribution in [2.75, 3.05) is 34.3 Å². The number of halogens is 3. The number of ether oxygens (including phenoxy) is 1. The van der Waals surface area contributed by atoms with E-state index in [1.165, 1.54) is 17.0 Å². The maximum Gasteiger partial charge on any atom is 0.416 e. The number of nitrogens with zero attached hydrogens (tertiary/aromatic N) is 2. The van der Waals surface area contributed by atoms with E-state index >= 15 is 0 Å². The second kappa shape index (κ2) is 11.2. The molecule has 31 heavy (non-hydrogen) atoms. The van der Waals surface area contributed by atoms with E-state index in [4.69, 9.17) is 4.74 Å². The van der Waals surface area contributed by atoms with Crippen molar-refractivity contribution in [3.05, 3.63) is 65.2 Å². The quantitative estimate of drug-likeness (QED) is 0.493. The Morgan fingerprint density at radius 1 is 1.06 bits per heavy atom. The van der Waals surface area contributed by atoms with Crippen LogP contribution in [0.15, 0.2) is 53.5 Å². The first-order valence-corrected chi connectivity index (χ1v) is 9.71. The minimum Gasteiger partial charge on any atom is -0.484 e. The topological polar surface area (TPSA) is 66.0 Å². The molecule has 2 aromatic rings. The van der Waals surface area contributed by atoms with Crippen molar-refractivity contribution in [3.63, 3.8) is 0 Å². The molecule has 0 heterocycles. The van der Waals surface area contributed by atoms with Crippen LogP contribution >= 0.6 is 0 Å². The van der Waals surface area contributed by atoms with Crippen molar-refractivity contribution < 1.29 is 22.7 Å². The summed E-state index contributed by atoms with van der Waals surface area (Å²) >= 11 is 0. The van der Waals surface area contributed by atoms with E-state index in [2.05, 4.69) is 15.6 Å². The summed E-state index contributed by atoms with van der Waals surface area (Å²) in [6, 6.07) is 12.5. The second-order valence-corrected chi connectivity index (χ2v) is 7.02. The average molecular weight is 436 g/mol. The van der Waals surface area contributed by atoms with Gasteiger partial charge in [0.1, 0.15) is 5.75 Å². The van der Waals surface area contributed by atoms with Gasteiger partial charge < -0.3 is 20.3 Å². The van der Waals surface area contributed by atoms with Crippen molar-refractivity contribution >= 4 is 11.9 Å². The molecular formula is C22H27F3N4O2. The highest BCUT2D eigenvalue weighted by molar-refractivity contribution is 5.79. The van der Waals surface area contributed by atoms with E-state index in [0.29, 0.717) is 31.2 Å². The zero-order valence-electron chi connectivity index (χ0n) is 17.8. The molecule has 0 aromatic heterocycles. The standard InChI is InChI=1S/C22H27F3N4O2/c1-26-21(27-12-11-16-7-9-18(10-8-16)22(23,24)25)28-14-17-5-4-6-19(13-17)31-15-20(30)29(2)3/h4-10,13H,11-12,14-15H2,1-3H3,(H2,26,27,28). The van der Waals surface area contributed by atoms with E-state index in [1.807, 2.05) is 18.2 Å². The van der Waals surface area contributed by atoms with Crippen LogP contribution in [0.3, 0.4) is 0 Å². The van der Waals surface area contributed by atoms with Gasteiger partial charge in [0, 0.05) is 34.2 Å². The number of hydrogen-bond donors (Lipinski definition) is 2. The van der Waals surface area contributed by atoms with Gasteiger partial charge in [-0.15, -0.1) is 0 Å². The number of carbonyl (C=O) groups excluding carboxylic acids is 1. The van der Waals surface area contributed by atoms with Gasteiger partial charge in [-0.1, -0.05) is 24.3 Å². The first kappa shape index (κ1) is 24.0. The molecule has 9 heteroatoms. The number of alkyl halides is 3. The minimum atomic E-state index is -4.33. The third-order valence-electron chi connectivity index (χ3n) is 4.43. The molecule has 0 unspecified atom stereocenters. The summed E-state index contributed by atoms with van der Waals surface area (Å²) in [7, 11) is 4.98. The molecule has 0 saturated heterocycles. The average Bonchev–Trinajstić information content (AvgIpc) is 2.74.